The molecule has 1 N–H and O–H groups in total. The van der Waals surface area contributed by atoms with Crippen LogP contribution in [0.1, 0.15) is 12.5 Å². The van der Waals surface area contributed by atoms with Crippen molar-refractivity contribution in [2.75, 3.05) is 12.4 Å². The van der Waals surface area contributed by atoms with Crippen LogP contribution in [0.5, 0.6) is 5.75 Å². The van der Waals surface area contributed by atoms with E-state index in [2.05, 4.69) is 12.2 Å². The molecule has 0 aromatic heterocycles. The summed E-state index contributed by atoms with van der Waals surface area (Å²) >= 11 is 0. The largest absolute Gasteiger partial charge is 0.495 e. The maximum atomic E-state index is 10.8. The Kier molecular flexibility index (Phi) is 2.90. The molecular weight excluding hydrogens is 166 g/mol. The van der Waals surface area contributed by atoms with Gasteiger partial charge in [0.2, 0.25) is 5.91 Å². The van der Waals surface area contributed by atoms with Crippen LogP contribution < -0.4 is 10.1 Å². The minimum absolute atomic E-state index is 0.116. The van der Waals surface area contributed by atoms with Crippen LogP contribution in [-0.2, 0) is 4.79 Å². The number of benzene rings is 1. The molecule has 3 heteroatoms. The molecule has 0 heterocycles. The van der Waals surface area contributed by atoms with E-state index < -0.39 is 0 Å². The molecule has 0 aliphatic carbocycles. The summed E-state index contributed by atoms with van der Waals surface area (Å²) in [5, 5.41) is 2.66. The zero-order chi connectivity index (χ0) is 9.84. The Bertz CT molecular complexity index is 321. The predicted molar refractivity (Wildman–Crippen MR) is 51.8 cm³/mol. The number of amides is 1. The molecule has 1 aromatic carbocycles. The van der Waals surface area contributed by atoms with Gasteiger partial charge in [0, 0.05) is 6.92 Å². The number of hydrogen-bond donors (Lipinski definition) is 1. The normalized spacial score (nSPS) is 9.46. The molecule has 0 bridgehead atoms. The molecule has 0 fully saturated rings. The topological polar surface area (TPSA) is 38.3 Å². The lowest BCUT2D eigenvalue weighted by Gasteiger charge is -2.08. The van der Waals surface area contributed by atoms with Gasteiger partial charge >= 0.3 is 0 Å². The molecule has 0 aliphatic heterocycles. The Morgan fingerprint density at radius 1 is 1.54 bits per heavy atom. The zero-order valence-corrected chi connectivity index (χ0v) is 7.76. The first kappa shape index (κ1) is 9.58. The van der Waals surface area contributed by atoms with E-state index in [0.717, 1.165) is 5.56 Å². The van der Waals surface area contributed by atoms with Crippen LogP contribution in [0.2, 0.25) is 0 Å². The lowest BCUT2D eigenvalue weighted by Crippen LogP contribution is -2.07. The van der Waals surface area contributed by atoms with E-state index in [4.69, 9.17) is 4.74 Å². The fourth-order valence-corrected chi connectivity index (χ4v) is 1.03. The quantitative estimate of drug-likeness (QED) is 0.750. The van der Waals surface area contributed by atoms with Crippen LogP contribution >= 0.6 is 0 Å². The number of ether oxygens (including phenoxy) is 1. The molecular formula is C10H12NO2. The molecule has 1 amide bonds. The van der Waals surface area contributed by atoms with Gasteiger partial charge in [-0.1, -0.05) is 6.07 Å². The number of carbonyl (C=O) groups excluding carboxylic acids is 1. The third-order valence-corrected chi connectivity index (χ3v) is 1.58. The number of hydrogen-bond acceptors (Lipinski definition) is 2. The Morgan fingerprint density at radius 3 is 2.77 bits per heavy atom. The smallest absolute Gasteiger partial charge is 0.221 e. The molecule has 1 radical (unpaired) electrons. The van der Waals surface area contributed by atoms with Crippen molar-refractivity contribution in [2.24, 2.45) is 0 Å². The fourth-order valence-electron chi connectivity index (χ4n) is 1.03. The summed E-state index contributed by atoms with van der Waals surface area (Å²) in [6.07, 6.45) is 0. The number of anilines is 1. The molecule has 0 spiro atoms. The van der Waals surface area contributed by atoms with E-state index in [9.17, 15) is 4.79 Å². The monoisotopic (exact) mass is 178 g/mol. The van der Waals surface area contributed by atoms with Gasteiger partial charge < -0.3 is 10.1 Å². The lowest BCUT2D eigenvalue weighted by molar-refractivity contribution is -0.114. The highest BCUT2D eigenvalue weighted by Gasteiger charge is 2.03. The van der Waals surface area contributed by atoms with Gasteiger partial charge in [0.15, 0.2) is 0 Å². The van der Waals surface area contributed by atoms with Gasteiger partial charge in [-0.05, 0) is 24.6 Å². The summed E-state index contributed by atoms with van der Waals surface area (Å²) in [5.41, 5.74) is 1.52. The maximum Gasteiger partial charge on any atom is 0.221 e. The zero-order valence-electron chi connectivity index (χ0n) is 7.76. The van der Waals surface area contributed by atoms with E-state index in [0.29, 0.717) is 11.4 Å². The molecule has 0 saturated heterocycles. The van der Waals surface area contributed by atoms with Gasteiger partial charge in [0.1, 0.15) is 5.75 Å². The standard InChI is InChI=1S/C10H12NO2/c1-7-4-5-9(11-8(2)12)10(6-7)13-3/h4-6H,1H2,2-3H3,(H,11,12). The lowest BCUT2D eigenvalue weighted by atomic mass is 10.2. The van der Waals surface area contributed by atoms with Gasteiger partial charge in [-0.15, -0.1) is 0 Å². The van der Waals surface area contributed by atoms with Gasteiger partial charge in [-0.25, -0.2) is 0 Å². The average Bonchev–Trinajstić information content (AvgIpc) is 2.07. The molecule has 13 heavy (non-hydrogen) atoms. The van der Waals surface area contributed by atoms with Crippen molar-refractivity contribution in [1.82, 2.24) is 0 Å². The Morgan fingerprint density at radius 2 is 2.23 bits per heavy atom. The third-order valence-electron chi connectivity index (χ3n) is 1.58. The summed E-state index contributed by atoms with van der Waals surface area (Å²) in [5.74, 6) is 0.512. The third kappa shape index (κ3) is 2.47. The Balaban J connectivity index is 2.99. The van der Waals surface area contributed by atoms with Crippen molar-refractivity contribution in [1.29, 1.82) is 0 Å². The maximum absolute atomic E-state index is 10.8. The summed E-state index contributed by atoms with van der Waals surface area (Å²) in [6, 6.07) is 5.35. The second kappa shape index (κ2) is 3.94. The molecule has 1 aromatic rings. The fraction of sp³-hybridized carbons (Fsp3) is 0.200. The second-order valence-corrected chi connectivity index (χ2v) is 2.72. The summed E-state index contributed by atoms with van der Waals surface area (Å²) < 4.78 is 5.07. The number of carbonyl (C=O) groups is 1. The minimum Gasteiger partial charge on any atom is -0.495 e. The highest BCUT2D eigenvalue weighted by atomic mass is 16.5. The van der Waals surface area contributed by atoms with Crippen LogP contribution in [0.25, 0.3) is 0 Å². The van der Waals surface area contributed by atoms with E-state index in [-0.39, 0.29) is 5.91 Å². The highest BCUT2D eigenvalue weighted by molar-refractivity contribution is 5.90. The minimum atomic E-state index is -0.116. The summed E-state index contributed by atoms with van der Waals surface area (Å²) in [4.78, 5) is 10.8. The van der Waals surface area contributed by atoms with Crippen LogP contribution in [-0.4, -0.2) is 13.0 Å². The van der Waals surface area contributed by atoms with Crippen molar-refractivity contribution in [3.63, 3.8) is 0 Å². The van der Waals surface area contributed by atoms with Gasteiger partial charge in [0.25, 0.3) is 0 Å². The highest BCUT2D eigenvalue weighted by Crippen LogP contribution is 2.24. The molecule has 69 valence electrons. The Labute approximate surface area is 77.7 Å². The van der Waals surface area contributed by atoms with Gasteiger partial charge in [-0.2, -0.15) is 0 Å². The van der Waals surface area contributed by atoms with Crippen molar-refractivity contribution in [2.45, 2.75) is 6.92 Å². The first-order valence-electron chi connectivity index (χ1n) is 3.91. The van der Waals surface area contributed by atoms with E-state index in [1.807, 2.05) is 6.07 Å². The summed E-state index contributed by atoms with van der Waals surface area (Å²) in [6.45, 7) is 5.21. The van der Waals surface area contributed by atoms with Crippen molar-refractivity contribution < 1.29 is 9.53 Å². The number of rotatable bonds is 2. The molecule has 0 saturated carbocycles. The number of methoxy groups -OCH3 is 1. The Hall–Kier alpha value is -1.51. The first-order chi connectivity index (χ1) is 6.13. The molecule has 3 nitrogen and oxygen atoms in total. The van der Waals surface area contributed by atoms with Gasteiger partial charge in [-0.3, -0.25) is 4.79 Å². The van der Waals surface area contributed by atoms with E-state index >= 15 is 0 Å². The molecule has 0 unspecified atom stereocenters. The van der Waals surface area contributed by atoms with Gasteiger partial charge in [0.05, 0.1) is 12.8 Å². The number of nitrogens with one attached hydrogen (secondary N) is 1. The molecule has 1 rings (SSSR count). The molecule has 0 aliphatic rings. The average molecular weight is 178 g/mol. The molecule has 0 atom stereocenters. The predicted octanol–water partition coefficient (Wildman–Crippen LogP) is 1.84. The van der Waals surface area contributed by atoms with Crippen LogP contribution in [0.3, 0.4) is 0 Å². The van der Waals surface area contributed by atoms with Crippen molar-refractivity contribution >= 4 is 11.6 Å². The van der Waals surface area contributed by atoms with Crippen LogP contribution in [0.15, 0.2) is 18.2 Å². The second-order valence-electron chi connectivity index (χ2n) is 2.72. The summed E-state index contributed by atoms with van der Waals surface area (Å²) in [7, 11) is 1.56. The van der Waals surface area contributed by atoms with Crippen LogP contribution in [0.4, 0.5) is 5.69 Å². The van der Waals surface area contributed by atoms with E-state index in [1.54, 1.807) is 19.2 Å². The first-order valence-corrected chi connectivity index (χ1v) is 3.91. The van der Waals surface area contributed by atoms with Crippen molar-refractivity contribution in [3.8, 4) is 5.75 Å². The van der Waals surface area contributed by atoms with Crippen LogP contribution in [0, 0.1) is 6.92 Å². The SMILES string of the molecule is [CH2]c1ccc(NC(C)=O)c(OC)c1. The van der Waals surface area contributed by atoms with E-state index in [1.165, 1.54) is 6.92 Å². The van der Waals surface area contributed by atoms with Crippen molar-refractivity contribution in [3.05, 3.63) is 30.7 Å².